The van der Waals surface area contributed by atoms with Crippen molar-refractivity contribution >= 4 is 11.8 Å². The van der Waals surface area contributed by atoms with Crippen LogP contribution in [0.3, 0.4) is 0 Å². The topological polar surface area (TPSA) is 49.4 Å². The zero-order valence-corrected chi connectivity index (χ0v) is 16.1. The van der Waals surface area contributed by atoms with Crippen molar-refractivity contribution in [1.29, 1.82) is 0 Å². The predicted octanol–water partition coefficient (Wildman–Crippen LogP) is 3.45. The molecule has 138 valence electrons. The van der Waals surface area contributed by atoms with E-state index in [-0.39, 0.29) is 11.8 Å². The average molecular weight is 352 g/mol. The maximum atomic E-state index is 12.5. The molecule has 2 aromatic rings. The van der Waals surface area contributed by atoms with Gasteiger partial charge in [0.15, 0.2) is 0 Å². The lowest BCUT2D eigenvalue weighted by atomic mass is 10.0. The van der Waals surface area contributed by atoms with Gasteiger partial charge < -0.3 is 10.2 Å². The maximum absolute atomic E-state index is 12.5. The molecule has 0 aliphatic heterocycles. The molecule has 2 aromatic carbocycles. The van der Waals surface area contributed by atoms with Crippen LogP contribution in [0.4, 0.5) is 0 Å². The van der Waals surface area contributed by atoms with Crippen molar-refractivity contribution in [3.63, 3.8) is 0 Å². The van der Waals surface area contributed by atoms with Crippen LogP contribution in [-0.4, -0.2) is 30.8 Å². The smallest absolute Gasteiger partial charge is 0.251 e. The Balaban J connectivity index is 1.91. The van der Waals surface area contributed by atoms with Crippen molar-refractivity contribution in [2.24, 2.45) is 5.92 Å². The van der Waals surface area contributed by atoms with E-state index in [1.807, 2.05) is 31.3 Å². The van der Waals surface area contributed by atoms with Crippen LogP contribution in [0.2, 0.25) is 0 Å². The van der Waals surface area contributed by atoms with Crippen LogP contribution in [0.15, 0.2) is 48.5 Å². The molecule has 0 saturated heterocycles. The Bertz CT molecular complexity index is 734. The minimum atomic E-state index is -0.109. The third-order valence-electron chi connectivity index (χ3n) is 4.31. The second-order valence-electron chi connectivity index (χ2n) is 7.12. The molecule has 0 aromatic heterocycles. The van der Waals surface area contributed by atoms with Crippen LogP contribution in [0.5, 0.6) is 0 Å². The molecule has 0 unspecified atom stereocenters. The molecule has 26 heavy (non-hydrogen) atoms. The SMILES string of the molecule is CNC(=O)c1ccc(CN(C)C(=O)Cc2ccc(CC(C)C)cc2)cc1. The van der Waals surface area contributed by atoms with Gasteiger partial charge in [-0.05, 0) is 41.2 Å². The molecule has 0 fully saturated rings. The zero-order valence-electron chi connectivity index (χ0n) is 16.1. The van der Waals surface area contributed by atoms with E-state index in [0.717, 1.165) is 17.5 Å². The Kier molecular flexibility index (Phi) is 6.96. The van der Waals surface area contributed by atoms with Gasteiger partial charge >= 0.3 is 0 Å². The van der Waals surface area contributed by atoms with Crippen molar-refractivity contribution in [1.82, 2.24) is 10.2 Å². The standard InChI is InChI=1S/C22H28N2O2/c1-16(2)13-17-5-7-18(8-6-17)14-21(25)24(4)15-19-9-11-20(12-10-19)22(26)23-3/h5-12,16H,13-15H2,1-4H3,(H,23,26). The molecule has 0 bridgehead atoms. The number of carbonyl (C=O) groups excluding carboxylic acids is 2. The van der Waals surface area contributed by atoms with E-state index < -0.39 is 0 Å². The summed E-state index contributed by atoms with van der Waals surface area (Å²) in [6.45, 7) is 4.93. The minimum absolute atomic E-state index is 0.0805. The van der Waals surface area contributed by atoms with Crippen molar-refractivity contribution < 1.29 is 9.59 Å². The molecule has 4 nitrogen and oxygen atoms in total. The van der Waals surface area contributed by atoms with Crippen LogP contribution >= 0.6 is 0 Å². The van der Waals surface area contributed by atoms with Gasteiger partial charge in [-0.3, -0.25) is 9.59 Å². The molecular formula is C22H28N2O2. The van der Waals surface area contributed by atoms with Gasteiger partial charge in [0.25, 0.3) is 5.91 Å². The summed E-state index contributed by atoms with van der Waals surface area (Å²) >= 11 is 0. The molecule has 2 rings (SSSR count). The highest BCUT2D eigenvalue weighted by atomic mass is 16.2. The number of amides is 2. The van der Waals surface area contributed by atoms with E-state index in [1.165, 1.54) is 5.56 Å². The molecule has 0 heterocycles. The largest absolute Gasteiger partial charge is 0.355 e. The van der Waals surface area contributed by atoms with Gasteiger partial charge in [0.1, 0.15) is 0 Å². The fraction of sp³-hybridized carbons (Fsp3) is 0.364. The molecular weight excluding hydrogens is 324 g/mol. The summed E-state index contributed by atoms with van der Waals surface area (Å²) in [6, 6.07) is 15.6. The molecule has 0 radical (unpaired) electrons. The van der Waals surface area contributed by atoms with Crippen LogP contribution in [-0.2, 0) is 24.2 Å². The minimum Gasteiger partial charge on any atom is -0.355 e. The number of nitrogens with one attached hydrogen (secondary N) is 1. The number of likely N-dealkylation sites (N-methyl/N-ethyl adjacent to an activating group) is 1. The number of nitrogens with zero attached hydrogens (tertiary/aromatic N) is 1. The quantitative estimate of drug-likeness (QED) is 0.830. The molecule has 0 atom stereocenters. The molecule has 2 amide bonds. The van der Waals surface area contributed by atoms with Crippen LogP contribution in [0.1, 0.15) is 40.9 Å². The fourth-order valence-corrected chi connectivity index (χ4v) is 2.84. The lowest BCUT2D eigenvalue weighted by molar-refractivity contribution is -0.129. The fourth-order valence-electron chi connectivity index (χ4n) is 2.84. The number of hydrogen-bond acceptors (Lipinski definition) is 2. The van der Waals surface area contributed by atoms with Gasteiger partial charge in [-0.1, -0.05) is 50.2 Å². The molecule has 0 saturated carbocycles. The van der Waals surface area contributed by atoms with E-state index in [4.69, 9.17) is 0 Å². The van der Waals surface area contributed by atoms with Crippen molar-refractivity contribution in [3.8, 4) is 0 Å². The van der Waals surface area contributed by atoms with Crippen LogP contribution in [0.25, 0.3) is 0 Å². The second-order valence-corrected chi connectivity index (χ2v) is 7.12. The first-order valence-corrected chi connectivity index (χ1v) is 9.02. The van der Waals surface area contributed by atoms with E-state index in [2.05, 4.69) is 31.3 Å². The molecule has 0 spiro atoms. The first-order valence-electron chi connectivity index (χ1n) is 9.02. The van der Waals surface area contributed by atoms with Crippen molar-refractivity contribution in [2.45, 2.75) is 33.2 Å². The predicted molar refractivity (Wildman–Crippen MR) is 105 cm³/mol. The zero-order chi connectivity index (χ0) is 19.1. The van der Waals surface area contributed by atoms with E-state index >= 15 is 0 Å². The maximum Gasteiger partial charge on any atom is 0.251 e. The average Bonchev–Trinajstić information content (AvgIpc) is 2.62. The highest BCUT2D eigenvalue weighted by Gasteiger charge is 2.11. The summed E-state index contributed by atoms with van der Waals surface area (Å²) in [7, 11) is 3.42. The number of benzene rings is 2. The first-order chi connectivity index (χ1) is 12.4. The van der Waals surface area contributed by atoms with Gasteiger partial charge in [0, 0.05) is 26.2 Å². The van der Waals surface area contributed by atoms with E-state index in [9.17, 15) is 9.59 Å². The number of carbonyl (C=O) groups is 2. The van der Waals surface area contributed by atoms with Gasteiger partial charge in [-0.2, -0.15) is 0 Å². The first kappa shape index (κ1) is 19.7. The third-order valence-corrected chi connectivity index (χ3v) is 4.31. The lowest BCUT2D eigenvalue weighted by Crippen LogP contribution is -2.27. The Morgan fingerprint density at radius 3 is 2.00 bits per heavy atom. The van der Waals surface area contributed by atoms with Gasteiger partial charge in [0.05, 0.1) is 6.42 Å². The van der Waals surface area contributed by atoms with Gasteiger partial charge in [-0.25, -0.2) is 0 Å². The van der Waals surface area contributed by atoms with E-state index in [0.29, 0.717) is 24.4 Å². The monoisotopic (exact) mass is 352 g/mol. The Labute approximate surface area is 156 Å². The summed E-state index contributed by atoms with van der Waals surface area (Å²) in [5, 5.41) is 2.60. The van der Waals surface area contributed by atoms with Crippen LogP contribution in [0, 0.1) is 5.92 Å². The van der Waals surface area contributed by atoms with Crippen molar-refractivity contribution in [2.75, 3.05) is 14.1 Å². The molecule has 0 aliphatic carbocycles. The molecule has 1 N–H and O–H groups in total. The Morgan fingerprint density at radius 1 is 0.923 bits per heavy atom. The Morgan fingerprint density at radius 2 is 1.46 bits per heavy atom. The summed E-state index contributed by atoms with van der Waals surface area (Å²) in [4.78, 5) is 25.7. The number of rotatable bonds is 7. The molecule has 0 aliphatic rings. The highest BCUT2D eigenvalue weighted by molar-refractivity contribution is 5.93. The lowest BCUT2D eigenvalue weighted by Gasteiger charge is -2.18. The summed E-state index contributed by atoms with van der Waals surface area (Å²) < 4.78 is 0. The summed E-state index contributed by atoms with van der Waals surface area (Å²) in [5.74, 6) is 0.599. The number of hydrogen-bond donors (Lipinski definition) is 1. The molecule has 4 heteroatoms. The highest BCUT2D eigenvalue weighted by Crippen LogP contribution is 2.12. The normalized spacial score (nSPS) is 10.7. The summed E-state index contributed by atoms with van der Waals surface area (Å²) in [5.41, 5.74) is 3.96. The van der Waals surface area contributed by atoms with E-state index in [1.54, 1.807) is 24.1 Å². The Hall–Kier alpha value is -2.62. The van der Waals surface area contributed by atoms with Gasteiger partial charge in [-0.15, -0.1) is 0 Å². The van der Waals surface area contributed by atoms with Crippen molar-refractivity contribution in [3.05, 3.63) is 70.8 Å². The van der Waals surface area contributed by atoms with Crippen LogP contribution < -0.4 is 5.32 Å². The third kappa shape index (κ3) is 5.73. The second kappa shape index (κ2) is 9.18. The summed E-state index contributed by atoms with van der Waals surface area (Å²) in [6.07, 6.45) is 1.45. The van der Waals surface area contributed by atoms with Gasteiger partial charge in [0.2, 0.25) is 5.91 Å².